The summed E-state index contributed by atoms with van der Waals surface area (Å²) in [7, 11) is 0. The summed E-state index contributed by atoms with van der Waals surface area (Å²) in [4.78, 5) is 24.7. The molecule has 1 fully saturated rings. The lowest BCUT2D eigenvalue weighted by Gasteiger charge is -2.18. The molecule has 2 amide bonds. The van der Waals surface area contributed by atoms with Gasteiger partial charge in [-0.15, -0.1) is 0 Å². The molecule has 1 unspecified atom stereocenters. The van der Waals surface area contributed by atoms with E-state index in [1.807, 2.05) is 29.3 Å². The van der Waals surface area contributed by atoms with E-state index in [2.05, 4.69) is 20.9 Å². The number of fused-ring (bicyclic) bond motifs is 1. The topological polar surface area (TPSA) is 90.1 Å². The largest absolute Gasteiger partial charge is 0.348 e. The van der Waals surface area contributed by atoms with Crippen molar-refractivity contribution in [1.82, 2.24) is 25.9 Å². The molecule has 132 valence electrons. The summed E-state index contributed by atoms with van der Waals surface area (Å²) < 4.78 is 0. The maximum atomic E-state index is 12.5. The van der Waals surface area contributed by atoms with Crippen molar-refractivity contribution in [2.45, 2.75) is 12.5 Å². The Balaban J connectivity index is 1.33. The van der Waals surface area contributed by atoms with Gasteiger partial charge in [-0.25, -0.2) is 5.01 Å². The molecule has 0 saturated carbocycles. The third kappa shape index (κ3) is 3.43. The number of aromatic amines is 1. The van der Waals surface area contributed by atoms with Crippen LogP contribution in [0, 0.1) is 0 Å². The Hall–Kier alpha value is -3.19. The molecule has 1 aromatic heterocycles. The van der Waals surface area contributed by atoms with Gasteiger partial charge in [-0.1, -0.05) is 24.3 Å². The molecule has 0 bridgehead atoms. The second kappa shape index (κ2) is 6.97. The molecule has 26 heavy (non-hydrogen) atoms. The molecule has 0 radical (unpaired) electrons. The number of rotatable bonds is 4. The second-order valence-electron chi connectivity index (χ2n) is 6.38. The highest BCUT2D eigenvalue weighted by molar-refractivity contribution is 5.98. The van der Waals surface area contributed by atoms with Gasteiger partial charge in [0.15, 0.2) is 0 Å². The van der Waals surface area contributed by atoms with Gasteiger partial charge in [0.05, 0.1) is 11.7 Å². The first-order chi connectivity index (χ1) is 12.7. The molecule has 1 aliphatic heterocycles. The number of hydrogen-bond donors (Lipinski definition) is 3. The Morgan fingerprint density at radius 1 is 1.08 bits per heavy atom. The SMILES string of the molecule is O=C(NC1CCN(NC(=O)c2ccccc2)C1)c1ccc2cn[nH]c2c1. The predicted molar refractivity (Wildman–Crippen MR) is 97.4 cm³/mol. The van der Waals surface area contributed by atoms with E-state index >= 15 is 0 Å². The Labute approximate surface area is 150 Å². The van der Waals surface area contributed by atoms with Crippen LogP contribution < -0.4 is 10.7 Å². The van der Waals surface area contributed by atoms with Crippen LogP contribution in [0.3, 0.4) is 0 Å². The maximum absolute atomic E-state index is 12.5. The number of benzene rings is 2. The van der Waals surface area contributed by atoms with Gasteiger partial charge < -0.3 is 5.32 Å². The van der Waals surface area contributed by atoms with Crippen molar-refractivity contribution >= 4 is 22.7 Å². The van der Waals surface area contributed by atoms with E-state index < -0.39 is 0 Å². The number of nitrogens with zero attached hydrogens (tertiary/aromatic N) is 2. The standard InChI is InChI=1S/C19H19N5O2/c25-18(14-6-7-15-11-20-22-17(15)10-14)21-16-8-9-24(12-16)23-19(26)13-4-2-1-3-5-13/h1-7,10-11,16H,8-9,12H2,(H,20,22)(H,21,25)(H,23,26). The number of H-pyrrole nitrogens is 1. The van der Waals surface area contributed by atoms with E-state index in [0.29, 0.717) is 24.2 Å². The smallest absolute Gasteiger partial charge is 0.265 e. The lowest BCUT2D eigenvalue weighted by molar-refractivity contribution is 0.0821. The van der Waals surface area contributed by atoms with Gasteiger partial charge in [0, 0.05) is 35.6 Å². The van der Waals surface area contributed by atoms with Crippen LogP contribution in [0.1, 0.15) is 27.1 Å². The molecule has 0 spiro atoms. The zero-order valence-corrected chi connectivity index (χ0v) is 14.1. The normalized spacial score (nSPS) is 17.3. The van der Waals surface area contributed by atoms with Gasteiger partial charge in [0.25, 0.3) is 11.8 Å². The fourth-order valence-corrected chi connectivity index (χ4v) is 3.12. The van der Waals surface area contributed by atoms with Crippen molar-refractivity contribution in [2.24, 2.45) is 0 Å². The first-order valence-electron chi connectivity index (χ1n) is 8.54. The van der Waals surface area contributed by atoms with E-state index in [4.69, 9.17) is 0 Å². The minimum Gasteiger partial charge on any atom is -0.348 e. The number of amides is 2. The third-order valence-corrected chi connectivity index (χ3v) is 4.52. The monoisotopic (exact) mass is 349 g/mol. The zero-order valence-electron chi connectivity index (χ0n) is 14.1. The summed E-state index contributed by atoms with van der Waals surface area (Å²) in [6, 6.07) is 14.5. The molecular formula is C19H19N5O2. The summed E-state index contributed by atoms with van der Waals surface area (Å²) >= 11 is 0. The van der Waals surface area contributed by atoms with Gasteiger partial charge in [0.2, 0.25) is 0 Å². The molecule has 3 N–H and O–H groups in total. The number of carbonyl (C=O) groups excluding carboxylic acids is 2. The summed E-state index contributed by atoms with van der Waals surface area (Å²) in [5, 5.41) is 12.7. The molecule has 0 aliphatic carbocycles. The minimum absolute atomic E-state index is 0.00367. The van der Waals surface area contributed by atoms with E-state index in [1.165, 1.54) is 0 Å². The van der Waals surface area contributed by atoms with E-state index in [-0.39, 0.29) is 17.9 Å². The van der Waals surface area contributed by atoms with Crippen molar-refractivity contribution in [3.8, 4) is 0 Å². The van der Waals surface area contributed by atoms with Gasteiger partial charge in [-0.05, 0) is 30.7 Å². The van der Waals surface area contributed by atoms with E-state index in [9.17, 15) is 9.59 Å². The molecular weight excluding hydrogens is 330 g/mol. The average molecular weight is 349 g/mol. The Kier molecular flexibility index (Phi) is 4.37. The number of nitrogens with one attached hydrogen (secondary N) is 3. The molecule has 7 heteroatoms. The van der Waals surface area contributed by atoms with Crippen LogP contribution in [0.15, 0.2) is 54.7 Å². The zero-order chi connectivity index (χ0) is 17.9. The summed E-state index contributed by atoms with van der Waals surface area (Å²) in [6.07, 6.45) is 2.51. The Bertz CT molecular complexity index is 937. The van der Waals surface area contributed by atoms with Crippen LogP contribution in [-0.2, 0) is 0 Å². The number of hydrazine groups is 1. The average Bonchev–Trinajstić information content (AvgIpc) is 3.31. The van der Waals surface area contributed by atoms with Gasteiger partial charge in [-0.3, -0.25) is 20.1 Å². The lowest BCUT2D eigenvalue weighted by atomic mass is 10.1. The first kappa shape index (κ1) is 16.3. The first-order valence-corrected chi connectivity index (χ1v) is 8.54. The van der Waals surface area contributed by atoms with Crippen molar-refractivity contribution in [3.63, 3.8) is 0 Å². The van der Waals surface area contributed by atoms with E-state index in [0.717, 1.165) is 17.3 Å². The van der Waals surface area contributed by atoms with Crippen LogP contribution in [-0.4, -0.2) is 46.2 Å². The molecule has 4 rings (SSSR count). The highest BCUT2D eigenvalue weighted by Crippen LogP contribution is 2.14. The highest BCUT2D eigenvalue weighted by atomic mass is 16.2. The molecule has 1 saturated heterocycles. The minimum atomic E-state index is -0.137. The Morgan fingerprint density at radius 2 is 1.92 bits per heavy atom. The van der Waals surface area contributed by atoms with Crippen molar-refractivity contribution in [1.29, 1.82) is 0 Å². The molecule has 1 aliphatic rings. The van der Waals surface area contributed by atoms with Crippen molar-refractivity contribution in [2.75, 3.05) is 13.1 Å². The van der Waals surface area contributed by atoms with E-state index in [1.54, 1.807) is 30.5 Å². The molecule has 1 atom stereocenters. The van der Waals surface area contributed by atoms with Crippen LogP contribution in [0.2, 0.25) is 0 Å². The fraction of sp³-hybridized carbons (Fsp3) is 0.211. The quantitative estimate of drug-likeness (QED) is 0.669. The summed E-state index contributed by atoms with van der Waals surface area (Å²) in [6.45, 7) is 1.28. The maximum Gasteiger partial charge on any atom is 0.265 e. The molecule has 7 nitrogen and oxygen atoms in total. The van der Waals surface area contributed by atoms with Crippen molar-refractivity contribution in [3.05, 3.63) is 65.9 Å². The molecule has 2 aromatic carbocycles. The number of hydrogen-bond acceptors (Lipinski definition) is 4. The van der Waals surface area contributed by atoms with Gasteiger partial charge >= 0.3 is 0 Å². The van der Waals surface area contributed by atoms with Crippen LogP contribution in [0.25, 0.3) is 10.9 Å². The van der Waals surface area contributed by atoms with Crippen LogP contribution in [0.4, 0.5) is 0 Å². The fourth-order valence-electron chi connectivity index (χ4n) is 3.12. The number of carbonyl (C=O) groups is 2. The predicted octanol–water partition coefficient (Wildman–Crippen LogP) is 1.71. The van der Waals surface area contributed by atoms with Crippen LogP contribution in [0.5, 0.6) is 0 Å². The second-order valence-corrected chi connectivity index (χ2v) is 6.38. The van der Waals surface area contributed by atoms with Crippen LogP contribution >= 0.6 is 0 Å². The Morgan fingerprint density at radius 3 is 2.77 bits per heavy atom. The highest BCUT2D eigenvalue weighted by Gasteiger charge is 2.25. The van der Waals surface area contributed by atoms with Gasteiger partial charge in [0.1, 0.15) is 0 Å². The lowest BCUT2D eigenvalue weighted by Crippen LogP contribution is -2.43. The summed E-state index contributed by atoms with van der Waals surface area (Å²) in [5.74, 6) is -0.259. The third-order valence-electron chi connectivity index (χ3n) is 4.52. The van der Waals surface area contributed by atoms with Gasteiger partial charge in [-0.2, -0.15) is 5.10 Å². The molecule has 2 heterocycles. The number of aromatic nitrogens is 2. The molecule has 3 aromatic rings. The summed E-state index contributed by atoms with van der Waals surface area (Å²) in [5.41, 5.74) is 4.93. The van der Waals surface area contributed by atoms with Crippen molar-refractivity contribution < 1.29 is 9.59 Å².